The zero-order chi connectivity index (χ0) is 17.1. The summed E-state index contributed by atoms with van der Waals surface area (Å²) in [5.41, 5.74) is 3.49. The lowest BCUT2D eigenvalue weighted by atomic mass is 9.98. The zero-order valence-corrected chi connectivity index (χ0v) is 14.2. The highest BCUT2D eigenvalue weighted by atomic mass is 16.5. The van der Waals surface area contributed by atoms with Crippen LogP contribution in [0.3, 0.4) is 0 Å². The summed E-state index contributed by atoms with van der Waals surface area (Å²) >= 11 is 0. The number of aliphatic imine (C=N–C) groups is 1. The third-order valence-corrected chi connectivity index (χ3v) is 4.51. The van der Waals surface area contributed by atoms with Crippen molar-refractivity contribution in [2.24, 2.45) is 10.9 Å². The van der Waals surface area contributed by atoms with Crippen LogP contribution in [0.4, 0.5) is 5.69 Å². The third kappa shape index (κ3) is 3.04. The molecule has 2 aromatic carbocycles. The van der Waals surface area contributed by atoms with Gasteiger partial charge in [0.25, 0.3) is 0 Å². The first kappa shape index (κ1) is 16.2. The van der Waals surface area contributed by atoms with Crippen molar-refractivity contribution in [3.63, 3.8) is 0 Å². The van der Waals surface area contributed by atoms with Gasteiger partial charge in [-0.2, -0.15) is 0 Å². The van der Waals surface area contributed by atoms with E-state index in [4.69, 9.17) is 9.73 Å². The summed E-state index contributed by atoms with van der Waals surface area (Å²) in [4.78, 5) is 17.5. The van der Waals surface area contributed by atoms with E-state index in [0.29, 0.717) is 0 Å². The number of amides is 1. The van der Waals surface area contributed by atoms with E-state index in [9.17, 15) is 4.79 Å². The molecule has 24 heavy (non-hydrogen) atoms. The van der Waals surface area contributed by atoms with Gasteiger partial charge in [-0.05, 0) is 24.1 Å². The molecule has 0 saturated carbocycles. The number of nitrogens with one attached hydrogen (secondary N) is 1. The number of benzene rings is 2. The standard InChI is InChI=1S/C20H22N2O2/c1-4-13(2)18-20(23)21-17-11-10-15(24-3)12-16(17)19(22-18)14-8-6-5-7-9-14/h5-13,18H,4H2,1-3H3,(H,21,23)/t13?,18-/m0/s1. The van der Waals surface area contributed by atoms with E-state index in [1.165, 1.54) is 0 Å². The van der Waals surface area contributed by atoms with Crippen molar-refractivity contribution in [1.82, 2.24) is 0 Å². The average Bonchev–Trinajstić information content (AvgIpc) is 2.77. The summed E-state index contributed by atoms with van der Waals surface area (Å²) in [5, 5.41) is 3.03. The number of hydrogen-bond donors (Lipinski definition) is 1. The maximum Gasteiger partial charge on any atom is 0.249 e. The largest absolute Gasteiger partial charge is 0.497 e. The van der Waals surface area contributed by atoms with Gasteiger partial charge in [-0.15, -0.1) is 0 Å². The molecule has 0 fully saturated rings. The summed E-state index contributed by atoms with van der Waals surface area (Å²) in [6.07, 6.45) is 0.892. The molecular formula is C20H22N2O2. The van der Waals surface area contributed by atoms with Gasteiger partial charge in [-0.25, -0.2) is 0 Å². The predicted octanol–water partition coefficient (Wildman–Crippen LogP) is 3.90. The quantitative estimate of drug-likeness (QED) is 0.928. The van der Waals surface area contributed by atoms with Crippen molar-refractivity contribution in [3.05, 3.63) is 59.7 Å². The molecule has 4 nitrogen and oxygen atoms in total. The lowest BCUT2D eigenvalue weighted by Crippen LogP contribution is -2.31. The van der Waals surface area contributed by atoms with Crippen molar-refractivity contribution < 1.29 is 9.53 Å². The van der Waals surface area contributed by atoms with Gasteiger partial charge in [0.2, 0.25) is 5.91 Å². The van der Waals surface area contributed by atoms with E-state index >= 15 is 0 Å². The third-order valence-electron chi connectivity index (χ3n) is 4.51. The van der Waals surface area contributed by atoms with Gasteiger partial charge in [-0.1, -0.05) is 50.6 Å². The minimum atomic E-state index is -0.399. The molecule has 1 amide bonds. The normalized spacial score (nSPS) is 18.0. The van der Waals surface area contributed by atoms with Crippen molar-refractivity contribution in [3.8, 4) is 5.75 Å². The van der Waals surface area contributed by atoms with Crippen LogP contribution in [-0.2, 0) is 4.79 Å². The first-order valence-electron chi connectivity index (χ1n) is 8.26. The number of ether oxygens (including phenoxy) is 1. The maximum absolute atomic E-state index is 12.7. The van der Waals surface area contributed by atoms with Crippen LogP contribution in [0.5, 0.6) is 5.75 Å². The molecule has 0 radical (unpaired) electrons. The Bertz CT molecular complexity index is 768. The number of rotatable bonds is 4. The van der Waals surface area contributed by atoms with Gasteiger partial charge in [0.15, 0.2) is 0 Å². The molecule has 1 aliphatic heterocycles. The van der Waals surface area contributed by atoms with E-state index in [-0.39, 0.29) is 11.8 Å². The van der Waals surface area contributed by atoms with E-state index in [2.05, 4.69) is 19.2 Å². The van der Waals surface area contributed by atoms with Gasteiger partial charge in [0.05, 0.1) is 18.5 Å². The highest BCUT2D eigenvalue weighted by molar-refractivity contribution is 6.19. The fourth-order valence-corrected chi connectivity index (χ4v) is 2.86. The monoisotopic (exact) mass is 322 g/mol. The second-order valence-corrected chi connectivity index (χ2v) is 6.07. The number of benzodiazepines with no additional fused rings is 1. The number of carbonyl (C=O) groups excluding carboxylic acids is 1. The second kappa shape index (κ2) is 6.87. The van der Waals surface area contributed by atoms with Crippen molar-refractivity contribution in [2.45, 2.75) is 26.3 Å². The summed E-state index contributed by atoms with van der Waals surface area (Å²) in [7, 11) is 1.64. The molecule has 1 unspecified atom stereocenters. The lowest BCUT2D eigenvalue weighted by molar-refractivity contribution is -0.118. The van der Waals surface area contributed by atoms with Crippen LogP contribution in [0.25, 0.3) is 0 Å². The minimum Gasteiger partial charge on any atom is -0.497 e. The van der Waals surface area contributed by atoms with Gasteiger partial charge < -0.3 is 10.1 Å². The Morgan fingerprint density at radius 2 is 1.96 bits per heavy atom. The molecule has 1 aliphatic rings. The molecule has 0 spiro atoms. The van der Waals surface area contributed by atoms with Crippen LogP contribution in [0.2, 0.25) is 0 Å². The highest BCUT2D eigenvalue weighted by Gasteiger charge is 2.29. The summed E-state index contributed by atoms with van der Waals surface area (Å²) in [6, 6.07) is 15.2. The summed E-state index contributed by atoms with van der Waals surface area (Å²) < 4.78 is 5.36. The molecule has 2 aromatic rings. The molecule has 4 heteroatoms. The van der Waals surface area contributed by atoms with Crippen LogP contribution < -0.4 is 10.1 Å². The molecule has 1 N–H and O–H groups in total. The van der Waals surface area contributed by atoms with Gasteiger partial charge >= 0.3 is 0 Å². The molecule has 0 aromatic heterocycles. The minimum absolute atomic E-state index is 0.0540. The van der Waals surface area contributed by atoms with E-state index in [1.54, 1.807) is 7.11 Å². The number of anilines is 1. The molecule has 0 saturated heterocycles. The van der Waals surface area contributed by atoms with Crippen LogP contribution in [-0.4, -0.2) is 24.8 Å². The van der Waals surface area contributed by atoms with Gasteiger partial charge in [0, 0.05) is 11.1 Å². The Hall–Kier alpha value is -2.62. The molecule has 0 aliphatic carbocycles. The van der Waals surface area contributed by atoms with Crippen molar-refractivity contribution in [2.75, 3.05) is 12.4 Å². The Balaban J connectivity index is 2.20. The molecule has 0 bridgehead atoms. The number of nitrogens with zero attached hydrogens (tertiary/aromatic N) is 1. The summed E-state index contributed by atoms with van der Waals surface area (Å²) in [5.74, 6) is 0.857. The van der Waals surface area contributed by atoms with Crippen LogP contribution >= 0.6 is 0 Å². The Morgan fingerprint density at radius 1 is 1.21 bits per heavy atom. The molecule has 1 heterocycles. The van der Waals surface area contributed by atoms with Crippen molar-refractivity contribution in [1.29, 1.82) is 0 Å². The number of fused-ring (bicyclic) bond motifs is 1. The summed E-state index contributed by atoms with van der Waals surface area (Å²) in [6.45, 7) is 4.14. The molecule has 2 atom stereocenters. The number of carbonyl (C=O) groups is 1. The van der Waals surface area contributed by atoms with Gasteiger partial charge in [0.1, 0.15) is 11.8 Å². The Morgan fingerprint density at radius 3 is 2.62 bits per heavy atom. The SMILES string of the molecule is CCC(C)[C@@H]1N=C(c2ccccc2)c2cc(OC)ccc2NC1=O. The number of hydrogen-bond acceptors (Lipinski definition) is 3. The van der Waals surface area contributed by atoms with Crippen LogP contribution in [0.1, 0.15) is 31.4 Å². The van der Waals surface area contributed by atoms with Crippen LogP contribution in [0.15, 0.2) is 53.5 Å². The lowest BCUT2D eigenvalue weighted by Gasteiger charge is -2.17. The molecular weight excluding hydrogens is 300 g/mol. The Labute approximate surface area is 142 Å². The van der Waals surface area contributed by atoms with E-state index < -0.39 is 6.04 Å². The smallest absolute Gasteiger partial charge is 0.249 e. The molecule has 124 valence electrons. The molecule has 3 rings (SSSR count). The first-order chi connectivity index (χ1) is 11.6. The average molecular weight is 322 g/mol. The predicted molar refractivity (Wildman–Crippen MR) is 96.9 cm³/mol. The van der Waals surface area contributed by atoms with Gasteiger partial charge in [-0.3, -0.25) is 9.79 Å². The van der Waals surface area contributed by atoms with Crippen molar-refractivity contribution >= 4 is 17.3 Å². The topological polar surface area (TPSA) is 50.7 Å². The fraction of sp³-hybridized carbons (Fsp3) is 0.300. The fourth-order valence-electron chi connectivity index (χ4n) is 2.86. The zero-order valence-electron chi connectivity index (χ0n) is 14.2. The maximum atomic E-state index is 12.7. The van der Waals surface area contributed by atoms with E-state index in [0.717, 1.165) is 34.7 Å². The first-order valence-corrected chi connectivity index (χ1v) is 8.26. The highest BCUT2D eigenvalue weighted by Crippen LogP contribution is 2.29. The number of methoxy groups -OCH3 is 1. The van der Waals surface area contributed by atoms with Crippen LogP contribution in [0, 0.1) is 5.92 Å². The van der Waals surface area contributed by atoms with E-state index in [1.807, 2.05) is 48.5 Å². The Kier molecular flexibility index (Phi) is 4.65. The second-order valence-electron chi connectivity index (χ2n) is 6.07.